The zero-order valence-corrected chi connectivity index (χ0v) is 21.0. The summed E-state index contributed by atoms with van der Waals surface area (Å²) in [5.74, 6) is 0. The van der Waals surface area contributed by atoms with E-state index < -0.39 is 0 Å². The van der Waals surface area contributed by atoms with Crippen molar-refractivity contribution in [3.8, 4) is 0 Å². The van der Waals surface area contributed by atoms with E-state index in [-0.39, 0.29) is 0 Å². The first-order valence-corrected chi connectivity index (χ1v) is 12.9. The van der Waals surface area contributed by atoms with Crippen LogP contribution in [0.5, 0.6) is 0 Å². The molecular weight excluding hydrogens is 428 g/mol. The number of anilines is 2. The number of nitrogens with zero attached hydrogens (tertiary/aromatic N) is 3. The third-order valence-electron chi connectivity index (χ3n) is 6.83. The Morgan fingerprint density at radius 3 is 2.70 bits per heavy atom. The van der Waals surface area contributed by atoms with Crippen LogP contribution in [-0.4, -0.2) is 67.4 Å². The number of hydrogen-bond acceptors (Lipinski definition) is 4. The zero-order chi connectivity index (χ0) is 23.0. The van der Waals surface area contributed by atoms with Crippen LogP contribution in [-0.2, 0) is 24.1 Å². The lowest BCUT2D eigenvalue weighted by atomic mass is 9.99. The highest BCUT2D eigenvalue weighted by Gasteiger charge is 2.19. The van der Waals surface area contributed by atoms with E-state index in [1.807, 2.05) is 0 Å². The van der Waals surface area contributed by atoms with Gasteiger partial charge in [-0.3, -0.25) is 4.90 Å². The monoisotopic (exact) mass is 466 g/mol. The Hall–Kier alpha value is -2.15. The molecule has 1 fully saturated rings. The van der Waals surface area contributed by atoms with E-state index in [0.29, 0.717) is 0 Å². The summed E-state index contributed by atoms with van der Waals surface area (Å²) in [7, 11) is 0. The summed E-state index contributed by atoms with van der Waals surface area (Å²) >= 11 is 5.95. The molecule has 6 heteroatoms. The van der Waals surface area contributed by atoms with Crippen molar-refractivity contribution in [2.75, 3.05) is 62.7 Å². The number of benzene rings is 2. The number of hydrogen-bond donors (Lipinski definition) is 1. The molecular formula is C27H38N4OS. The molecule has 0 spiro atoms. The van der Waals surface area contributed by atoms with Gasteiger partial charge in [0.25, 0.3) is 0 Å². The van der Waals surface area contributed by atoms with Crippen molar-refractivity contribution >= 4 is 28.7 Å². The smallest absolute Gasteiger partial charge is 0.173 e. The molecule has 0 amide bonds. The lowest BCUT2D eigenvalue weighted by molar-refractivity contribution is 0.0358. The van der Waals surface area contributed by atoms with Gasteiger partial charge in [0.2, 0.25) is 0 Å². The number of ether oxygens (including phenoxy) is 1. The normalized spacial score (nSPS) is 16.4. The van der Waals surface area contributed by atoms with Gasteiger partial charge in [-0.05, 0) is 67.2 Å². The summed E-state index contributed by atoms with van der Waals surface area (Å²) in [5, 5.41) is 4.36. The number of fused-ring (bicyclic) bond motifs is 1. The fourth-order valence-electron chi connectivity index (χ4n) is 4.86. The first kappa shape index (κ1) is 24.0. The predicted molar refractivity (Wildman–Crippen MR) is 142 cm³/mol. The van der Waals surface area contributed by atoms with Gasteiger partial charge < -0.3 is 19.9 Å². The lowest BCUT2D eigenvalue weighted by Gasteiger charge is -2.33. The average molecular weight is 467 g/mol. The fourth-order valence-corrected chi connectivity index (χ4v) is 5.13. The molecule has 2 aliphatic rings. The van der Waals surface area contributed by atoms with Gasteiger partial charge >= 0.3 is 0 Å². The Labute approximate surface area is 204 Å². The van der Waals surface area contributed by atoms with Crippen LogP contribution in [0.2, 0.25) is 0 Å². The third kappa shape index (κ3) is 6.25. The van der Waals surface area contributed by atoms with Crippen molar-refractivity contribution in [3.63, 3.8) is 0 Å². The SMILES string of the molecule is CCc1ccccc1NC(=S)N(CCN1CCOCC1)Cc1ccc2c(c1)CCCN2CC. The molecule has 2 aliphatic heterocycles. The Balaban J connectivity index is 1.50. The predicted octanol–water partition coefficient (Wildman–Crippen LogP) is 4.55. The second-order valence-corrected chi connectivity index (χ2v) is 9.35. The first-order chi connectivity index (χ1) is 16.2. The molecule has 1 saturated heterocycles. The standard InChI is InChI=1S/C27H38N4OS/c1-3-23-8-5-6-10-25(23)28-27(33)31(15-14-29-16-18-32-19-17-29)21-22-11-12-26-24(20-22)9-7-13-30(26)4-2/h5-6,8,10-12,20H,3-4,7,9,13-19,21H2,1-2H3,(H,28,33). The van der Waals surface area contributed by atoms with Gasteiger partial charge in [-0.2, -0.15) is 0 Å². The van der Waals surface area contributed by atoms with Gasteiger partial charge in [-0.15, -0.1) is 0 Å². The number of rotatable bonds is 8. The van der Waals surface area contributed by atoms with Crippen LogP contribution in [0.1, 0.15) is 37.0 Å². The summed E-state index contributed by atoms with van der Waals surface area (Å²) in [6, 6.07) is 15.5. The average Bonchev–Trinajstić information content (AvgIpc) is 2.86. The molecule has 5 nitrogen and oxygen atoms in total. The van der Waals surface area contributed by atoms with Crippen LogP contribution in [0.15, 0.2) is 42.5 Å². The largest absolute Gasteiger partial charge is 0.379 e. The summed E-state index contributed by atoms with van der Waals surface area (Å²) in [5.41, 5.74) is 6.63. The minimum Gasteiger partial charge on any atom is -0.379 e. The lowest BCUT2D eigenvalue weighted by Crippen LogP contribution is -2.44. The van der Waals surface area contributed by atoms with Crippen LogP contribution in [0.3, 0.4) is 0 Å². The number of para-hydroxylation sites is 1. The van der Waals surface area contributed by atoms with Gasteiger partial charge in [0.15, 0.2) is 5.11 Å². The van der Waals surface area contributed by atoms with E-state index >= 15 is 0 Å². The minimum absolute atomic E-state index is 0.803. The van der Waals surface area contributed by atoms with E-state index in [9.17, 15) is 0 Å². The highest BCUT2D eigenvalue weighted by Crippen LogP contribution is 2.28. The van der Waals surface area contributed by atoms with Crippen LogP contribution in [0.4, 0.5) is 11.4 Å². The van der Waals surface area contributed by atoms with Gasteiger partial charge in [0.1, 0.15) is 0 Å². The molecule has 2 aromatic rings. The molecule has 0 atom stereocenters. The fraction of sp³-hybridized carbons (Fsp3) is 0.519. The van der Waals surface area contributed by atoms with Gasteiger partial charge in [0, 0.05) is 57.2 Å². The topological polar surface area (TPSA) is 31.0 Å². The van der Waals surface area contributed by atoms with Crippen LogP contribution in [0, 0.1) is 0 Å². The summed E-state index contributed by atoms with van der Waals surface area (Å²) in [4.78, 5) is 7.30. The van der Waals surface area contributed by atoms with Crippen molar-refractivity contribution in [3.05, 3.63) is 59.2 Å². The Kier molecular flexibility index (Phi) is 8.59. The molecule has 0 radical (unpaired) electrons. The Bertz CT molecular complexity index is 928. The van der Waals surface area contributed by atoms with Crippen molar-refractivity contribution in [1.82, 2.24) is 9.80 Å². The first-order valence-electron chi connectivity index (χ1n) is 12.5. The summed E-state index contributed by atoms with van der Waals surface area (Å²) in [6.07, 6.45) is 3.39. The quantitative estimate of drug-likeness (QED) is 0.575. The molecule has 2 aromatic carbocycles. The zero-order valence-electron chi connectivity index (χ0n) is 20.2. The molecule has 1 N–H and O–H groups in total. The molecule has 0 bridgehead atoms. The maximum Gasteiger partial charge on any atom is 0.173 e. The Morgan fingerprint density at radius 1 is 1.09 bits per heavy atom. The van der Waals surface area contributed by atoms with E-state index in [4.69, 9.17) is 17.0 Å². The summed E-state index contributed by atoms with van der Waals surface area (Å²) in [6.45, 7) is 13.0. The van der Waals surface area contributed by atoms with E-state index in [0.717, 1.165) is 69.7 Å². The highest BCUT2D eigenvalue weighted by atomic mass is 32.1. The van der Waals surface area contributed by atoms with Gasteiger partial charge in [-0.1, -0.05) is 37.3 Å². The molecule has 2 heterocycles. The third-order valence-corrected chi connectivity index (χ3v) is 7.19. The van der Waals surface area contributed by atoms with Crippen molar-refractivity contribution in [2.45, 2.75) is 39.7 Å². The van der Waals surface area contributed by atoms with E-state index in [1.54, 1.807) is 0 Å². The maximum absolute atomic E-state index is 5.95. The molecule has 4 rings (SSSR count). The van der Waals surface area contributed by atoms with Crippen molar-refractivity contribution in [1.29, 1.82) is 0 Å². The molecule has 0 aromatic heterocycles. The maximum atomic E-state index is 5.95. The second kappa shape index (κ2) is 11.8. The van der Waals surface area contributed by atoms with E-state index in [1.165, 1.54) is 41.8 Å². The number of nitrogens with one attached hydrogen (secondary N) is 1. The highest BCUT2D eigenvalue weighted by molar-refractivity contribution is 7.80. The van der Waals surface area contributed by atoms with Crippen LogP contribution >= 0.6 is 12.2 Å². The van der Waals surface area contributed by atoms with Crippen LogP contribution < -0.4 is 10.2 Å². The second-order valence-electron chi connectivity index (χ2n) is 8.96. The molecule has 178 valence electrons. The van der Waals surface area contributed by atoms with Crippen molar-refractivity contribution in [2.24, 2.45) is 0 Å². The molecule has 33 heavy (non-hydrogen) atoms. The van der Waals surface area contributed by atoms with E-state index in [2.05, 4.69) is 76.3 Å². The van der Waals surface area contributed by atoms with Crippen LogP contribution in [0.25, 0.3) is 0 Å². The number of thiocarbonyl (C=S) groups is 1. The molecule has 0 unspecified atom stereocenters. The number of morpholine rings is 1. The number of aryl methyl sites for hydroxylation is 2. The van der Waals surface area contributed by atoms with Gasteiger partial charge in [-0.25, -0.2) is 0 Å². The minimum atomic E-state index is 0.803. The van der Waals surface area contributed by atoms with Crippen molar-refractivity contribution < 1.29 is 4.74 Å². The summed E-state index contributed by atoms with van der Waals surface area (Å²) < 4.78 is 5.53. The van der Waals surface area contributed by atoms with Gasteiger partial charge in [0.05, 0.1) is 13.2 Å². The Morgan fingerprint density at radius 2 is 1.91 bits per heavy atom. The molecule has 0 aliphatic carbocycles. The molecule has 0 saturated carbocycles.